The summed E-state index contributed by atoms with van der Waals surface area (Å²) in [5.41, 5.74) is 0.505. The maximum atomic E-state index is 11.2. The van der Waals surface area contributed by atoms with Crippen molar-refractivity contribution in [3.05, 3.63) is 12.2 Å². The number of carbonyl (C=O) groups is 1. The molecule has 3 nitrogen and oxygen atoms in total. The smallest absolute Gasteiger partial charge is 0.334 e. The van der Waals surface area contributed by atoms with Gasteiger partial charge in [0, 0.05) is 12.1 Å². The fourth-order valence-electron chi connectivity index (χ4n) is 1.35. The Bertz CT molecular complexity index is 212. The monoisotopic (exact) mass is 227 g/mol. The molecule has 0 aliphatic heterocycles. The summed E-state index contributed by atoms with van der Waals surface area (Å²) in [6, 6.07) is 0. The molecule has 0 heterocycles. The highest BCUT2D eigenvalue weighted by molar-refractivity contribution is 5.88. The second-order valence-corrected chi connectivity index (χ2v) is 4.39. The minimum atomic E-state index is -0.294. The van der Waals surface area contributed by atoms with Gasteiger partial charge in [-0.3, -0.25) is 0 Å². The number of unbranched alkanes of at least 4 members (excludes halogenated alkanes) is 1. The topological polar surface area (TPSA) is 38.3 Å². The van der Waals surface area contributed by atoms with Crippen molar-refractivity contribution in [2.75, 3.05) is 19.7 Å². The highest BCUT2D eigenvalue weighted by Crippen LogP contribution is 2.05. The zero-order valence-electron chi connectivity index (χ0n) is 10.8. The zero-order chi connectivity index (χ0) is 12.4. The van der Waals surface area contributed by atoms with E-state index in [0.29, 0.717) is 18.7 Å². The third-order valence-electron chi connectivity index (χ3n) is 2.29. The molecule has 1 N–H and O–H groups in total. The van der Waals surface area contributed by atoms with Gasteiger partial charge in [0.15, 0.2) is 0 Å². The Labute approximate surface area is 99.3 Å². The van der Waals surface area contributed by atoms with Gasteiger partial charge < -0.3 is 10.1 Å². The first kappa shape index (κ1) is 15.2. The lowest BCUT2D eigenvalue weighted by molar-refractivity contribution is -0.138. The summed E-state index contributed by atoms with van der Waals surface area (Å²) < 4.78 is 4.83. The molecule has 0 spiro atoms. The predicted molar refractivity (Wildman–Crippen MR) is 67.3 cm³/mol. The van der Waals surface area contributed by atoms with Crippen molar-refractivity contribution in [3.8, 4) is 0 Å². The van der Waals surface area contributed by atoms with Gasteiger partial charge in [-0.05, 0) is 25.8 Å². The van der Waals surface area contributed by atoms with E-state index in [-0.39, 0.29) is 5.97 Å². The summed E-state index contributed by atoms with van der Waals surface area (Å²) in [4.78, 5) is 11.2. The summed E-state index contributed by atoms with van der Waals surface area (Å²) >= 11 is 0. The maximum Gasteiger partial charge on any atom is 0.334 e. The fraction of sp³-hybridized carbons (Fsp3) is 0.769. The van der Waals surface area contributed by atoms with Crippen LogP contribution in [-0.4, -0.2) is 25.7 Å². The lowest BCUT2D eigenvalue weighted by atomic mass is 10.1. The average Bonchev–Trinajstić information content (AvgIpc) is 2.22. The minimum absolute atomic E-state index is 0.294. The number of ether oxygens (including phenoxy) is 1. The van der Waals surface area contributed by atoms with Crippen molar-refractivity contribution < 1.29 is 9.53 Å². The van der Waals surface area contributed by atoms with Gasteiger partial charge in [-0.15, -0.1) is 0 Å². The van der Waals surface area contributed by atoms with Crippen LogP contribution >= 0.6 is 0 Å². The molecule has 0 aromatic rings. The van der Waals surface area contributed by atoms with Gasteiger partial charge in [0.1, 0.15) is 0 Å². The van der Waals surface area contributed by atoms with Gasteiger partial charge in [-0.2, -0.15) is 0 Å². The Morgan fingerprint density at radius 2 is 2.06 bits per heavy atom. The average molecular weight is 227 g/mol. The number of carbonyl (C=O) groups excluding carboxylic acids is 1. The maximum absolute atomic E-state index is 11.2. The van der Waals surface area contributed by atoms with Crippen molar-refractivity contribution in [2.24, 2.45) is 5.92 Å². The summed E-state index contributed by atoms with van der Waals surface area (Å²) in [5.74, 6) is 0.478. The summed E-state index contributed by atoms with van der Waals surface area (Å²) in [6.07, 6.45) is 3.64. The van der Waals surface area contributed by atoms with Crippen molar-refractivity contribution in [1.82, 2.24) is 5.32 Å². The van der Waals surface area contributed by atoms with E-state index < -0.39 is 0 Å². The lowest BCUT2D eigenvalue weighted by Gasteiger charge is -2.07. The van der Waals surface area contributed by atoms with Crippen LogP contribution in [0.15, 0.2) is 12.2 Å². The standard InChI is InChI=1S/C13H25NO2/c1-5-16-13(15)12(4)10-14-9-7-6-8-11(2)3/h11,14H,4-10H2,1-3H3. The molecule has 0 saturated heterocycles. The van der Waals surface area contributed by atoms with Crippen LogP contribution in [0.2, 0.25) is 0 Å². The third-order valence-corrected chi connectivity index (χ3v) is 2.29. The van der Waals surface area contributed by atoms with Crippen LogP contribution in [0.25, 0.3) is 0 Å². The van der Waals surface area contributed by atoms with Gasteiger partial charge in [-0.1, -0.05) is 33.3 Å². The molecule has 3 heteroatoms. The SMILES string of the molecule is C=C(CNCCCCC(C)C)C(=O)OCC. The number of hydrogen-bond acceptors (Lipinski definition) is 3. The van der Waals surface area contributed by atoms with Crippen LogP contribution in [0.5, 0.6) is 0 Å². The van der Waals surface area contributed by atoms with E-state index in [1.165, 1.54) is 12.8 Å². The van der Waals surface area contributed by atoms with Gasteiger partial charge in [-0.25, -0.2) is 4.79 Å². The van der Waals surface area contributed by atoms with Crippen LogP contribution in [0.3, 0.4) is 0 Å². The molecule has 0 saturated carbocycles. The molecule has 0 radical (unpaired) electrons. The molecule has 0 rings (SSSR count). The number of nitrogens with one attached hydrogen (secondary N) is 1. The van der Waals surface area contributed by atoms with Crippen LogP contribution < -0.4 is 5.32 Å². The molecule has 0 aromatic carbocycles. The number of hydrogen-bond donors (Lipinski definition) is 1. The highest BCUT2D eigenvalue weighted by Gasteiger charge is 2.06. The predicted octanol–water partition coefficient (Wildman–Crippen LogP) is 2.52. The second-order valence-electron chi connectivity index (χ2n) is 4.39. The first-order valence-corrected chi connectivity index (χ1v) is 6.13. The third kappa shape index (κ3) is 8.48. The Hall–Kier alpha value is -0.830. The number of esters is 1. The molecule has 0 aliphatic rings. The molecule has 94 valence electrons. The highest BCUT2D eigenvalue weighted by atomic mass is 16.5. The van der Waals surface area contributed by atoms with E-state index in [9.17, 15) is 4.79 Å². The van der Waals surface area contributed by atoms with Crippen molar-refractivity contribution in [1.29, 1.82) is 0 Å². The largest absolute Gasteiger partial charge is 0.463 e. The van der Waals surface area contributed by atoms with E-state index in [0.717, 1.165) is 18.9 Å². The molecule has 0 aliphatic carbocycles. The van der Waals surface area contributed by atoms with Crippen LogP contribution in [0, 0.1) is 5.92 Å². The normalized spacial score (nSPS) is 10.5. The van der Waals surface area contributed by atoms with E-state index in [1.54, 1.807) is 6.92 Å². The first-order valence-electron chi connectivity index (χ1n) is 6.13. The summed E-state index contributed by atoms with van der Waals surface area (Å²) in [6.45, 7) is 11.8. The van der Waals surface area contributed by atoms with E-state index in [2.05, 4.69) is 25.7 Å². The van der Waals surface area contributed by atoms with Gasteiger partial charge in [0.05, 0.1) is 6.61 Å². The molecule has 0 aromatic heterocycles. The molecule has 16 heavy (non-hydrogen) atoms. The molecule has 0 bridgehead atoms. The van der Waals surface area contributed by atoms with E-state index in [4.69, 9.17) is 4.74 Å². The molecule has 0 amide bonds. The molecular formula is C13H25NO2. The Morgan fingerprint density at radius 1 is 1.38 bits per heavy atom. The molecular weight excluding hydrogens is 202 g/mol. The van der Waals surface area contributed by atoms with Gasteiger partial charge >= 0.3 is 5.97 Å². The molecule has 0 unspecified atom stereocenters. The first-order chi connectivity index (χ1) is 7.57. The van der Waals surface area contributed by atoms with E-state index >= 15 is 0 Å². The van der Waals surface area contributed by atoms with Crippen molar-refractivity contribution >= 4 is 5.97 Å². The lowest BCUT2D eigenvalue weighted by Crippen LogP contribution is -2.22. The Balaban J connectivity index is 3.38. The fourth-order valence-corrected chi connectivity index (χ4v) is 1.35. The van der Waals surface area contributed by atoms with Gasteiger partial charge in [0.25, 0.3) is 0 Å². The second kappa shape index (κ2) is 9.40. The van der Waals surface area contributed by atoms with Crippen molar-refractivity contribution in [2.45, 2.75) is 40.0 Å². The minimum Gasteiger partial charge on any atom is -0.463 e. The number of rotatable bonds is 9. The molecule has 0 fully saturated rings. The summed E-state index contributed by atoms with van der Waals surface area (Å²) in [5, 5.41) is 3.20. The van der Waals surface area contributed by atoms with Gasteiger partial charge in [0.2, 0.25) is 0 Å². The zero-order valence-corrected chi connectivity index (χ0v) is 10.8. The van der Waals surface area contributed by atoms with E-state index in [1.807, 2.05) is 0 Å². The van der Waals surface area contributed by atoms with Crippen LogP contribution in [-0.2, 0) is 9.53 Å². The quantitative estimate of drug-likeness (QED) is 0.374. The molecule has 0 atom stereocenters. The Morgan fingerprint density at radius 3 is 2.62 bits per heavy atom. The van der Waals surface area contributed by atoms with Crippen molar-refractivity contribution in [3.63, 3.8) is 0 Å². The van der Waals surface area contributed by atoms with Crippen LogP contribution in [0.1, 0.15) is 40.0 Å². The van der Waals surface area contributed by atoms with Crippen LogP contribution in [0.4, 0.5) is 0 Å². The Kier molecular flexibility index (Phi) is 8.91. The summed E-state index contributed by atoms with van der Waals surface area (Å²) in [7, 11) is 0.